The van der Waals surface area contributed by atoms with Gasteiger partial charge in [0, 0.05) is 29.4 Å². The van der Waals surface area contributed by atoms with E-state index in [-0.39, 0.29) is 6.61 Å². The molecule has 0 aliphatic carbocycles. The van der Waals surface area contributed by atoms with Crippen molar-refractivity contribution in [2.24, 2.45) is 0 Å². The second kappa shape index (κ2) is 8.34. The van der Waals surface area contributed by atoms with Gasteiger partial charge in [-0.25, -0.2) is 0 Å². The summed E-state index contributed by atoms with van der Waals surface area (Å²) in [7, 11) is 2.06. The van der Waals surface area contributed by atoms with E-state index in [9.17, 15) is 0 Å². The summed E-state index contributed by atoms with van der Waals surface area (Å²) in [6.07, 6.45) is 0. The smallest absolute Gasteiger partial charge is 0.120 e. The normalized spacial score (nSPS) is 11.2. The number of aryl methyl sites for hydroxylation is 1. The summed E-state index contributed by atoms with van der Waals surface area (Å²) < 4.78 is 7.58. The Bertz CT molecular complexity index is 643. The molecule has 1 aromatic heterocycles. The lowest BCUT2D eigenvalue weighted by Gasteiger charge is -2.17. The monoisotopic (exact) mass is 337 g/mol. The number of halogens is 1. The van der Waals surface area contributed by atoms with Gasteiger partial charge in [-0.05, 0) is 39.1 Å². The van der Waals surface area contributed by atoms with Crippen LogP contribution in [0.25, 0.3) is 0 Å². The number of rotatable bonds is 8. The van der Waals surface area contributed by atoms with Gasteiger partial charge in [-0.3, -0.25) is 9.58 Å². The fourth-order valence-electron chi connectivity index (χ4n) is 2.50. The number of benzene rings is 1. The number of likely N-dealkylation sites (N-methyl/N-ethyl adjacent to an activating group) is 1. The van der Waals surface area contributed by atoms with E-state index in [4.69, 9.17) is 21.4 Å². The molecule has 0 atom stereocenters. The molecule has 0 saturated carbocycles. The minimum atomic E-state index is 0.102. The molecule has 1 N–H and O–H groups in total. The second-order valence-electron chi connectivity index (χ2n) is 5.64. The summed E-state index contributed by atoms with van der Waals surface area (Å²) in [5.41, 5.74) is 3.33. The van der Waals surface area contributed by atoms with Crippen LogP contribution in [0.3, 0.4) is 0 Å². The van der Waals surface area contributed by atoms with E-state index in [0.29, 0.717) is 18.2 Å². The molecule has 0 unspecified atom stereocenters. The molecule has 1 heterocycles. The average Bonchev–Trinajstić information content (AvgIpc) is 2.75. The third kappa shape index (κ3) is 4.96. The topological polar surface area (TPSA) is 50.5 Å². The fraction of sp³-hybridized carbons (Fsp3) is 0.471. The van der Waals surface area contributed by atoms with Crippen LogP contribution in [0.15, 0.2) is 24.3 Å². The number of aliphatic hydroxyl groups is 1. The predicted molar refractivity (Wildman–Crippen MR) is 92.1 cm³/mol. The molecular formula is C17H24ClN3O2. The molecule has 1 aromatic carbocycles. The Morgan fingerprint density at radius 1 is 1.35 bits per heavy atom. The minimum absolute atomic E-state index is 0.102. The number of nitrogens with zero attached hydrogens (tertiary/aromatic N) is 3. The van der Waals surface area contributed by atoms with Gasteiger partial charge in [-0.1, -0.05) is 17.7 Å². The van der Waals surface area contributed by atoms with Gasteiger partial charge in [0.05, 0.1) is 18.8 Å². The van der Waals surface area contributed by atoms with Gasteiger partial charge >= 0.3 is 0 Å². The zero-order chi connectivity index (χ0) is 16.8. The number of aromatic nitrogens is 2. The molecule has 6 heteroatoms. The summed E-state index contributed by atoms with van der Waals surface area (Å²) in [4.78, 5) is 2.20. The van der Waals surface area contributed by atoms with Crippen molar-refractivity contribution in [2.45, 2.75) is 26.9 Å². The second-order valence-corrected chi connectivity index (χ2v) is 6.08. The van der Waals surface area contributed by atoms with E-state index in [1.54, 1.807) is 0 Å². The first-order valence-electron chi connectivity index (χ1n) is 7.72. The molecule has 0 radical (unpaired) electrons. The van der Waals surface area contributed by atoms with E-state index in [1.807, 2.05) is 42.8 Å². The Labute approximate surface area is 142 Å². The Morgan fingerprint density at radius 3 is 2.83 bits per heavy atom. The summed E-state index contributed by atoms with van der Waals surface area (Å²) in [5.74, 6) is 0.786. The third-order valence-corrected chi connectivity index (χ3v) is 4.04. The lowest BCUT2D eigenvalue weighted by molar-refractivity contribution is 0.232. The Kier molecular flexibility index (Phi) is 6.45. The summed E-state index contributed by atoms with van der Waals surface area (Å²) in [6, 6.07) is 7.42. The molecule has 0 saturated heterocycles. The van der Waals surface area contributed by atoms with Gasteiger partial charge in [-0.15, -0.1) is 0 Å². The minimum Gasteiger partial charge on any atom is -0.492 e. The molecule has 0 spiro atoms. The molecule has 2 aromatic rings. The highest BCUT2D eigenvalue weighted by molar-refractivity contribution is 6.30. The lowest BCUT2D eigenvalue weighted by Crippen LogP contribution is -2.24. The number of aliphatic hydroxyl groups excluding tert-OH is 1. The molecule has 0 aliphatic heterocycles. The van der Waals surface area contributed by atoms with Crippen molar-refractivity contribution in [2.75, 3.05) is 26.8 Å². The van der Waals surface area contributed by atoms with Crippen LogP contribution in [-0.4, -0.2) is 46.6 Å². The van der Waals surface area contributed by atoms with Crippen LogP contribution in [0, 0.1) is 13.8 Å². The van der Waals surface area contributed by atoms with Crippen LogP contribution < -0.4 is 4.74 Å². The maximum atomic E-state index is 9.07. The molecule has 0 amide bonds. The maximum Gasteiger partial charge on any atom is 0.120 e. The molecule has 0 bridgehead atoms. The highest BCUT2D eigenvalue weighted by Gasteiger charge is 2.13. The maximum absolute atomic E-state index is 9.07. The average molecular weight is 338 g/mol. The summed E-state index contributed by atoms with van der Waals surface area (Å²) in [5, 5.41) is 14.2. The van der Waals surface area contributed by atoms with E-state index in [1.165, 1.54) is 5.56 Å². The fourth-order valence-corrected chi connectivity index (χ4v) is 2.68. The Morgan fingerprint density at radius 2 is 2.13 bits per heavy atom. The van der Waals surface area contributed by atoms with Crippen LogP contribution in [0.1, 0.15) is 17.0 Å². The molecule has 0 fully saturated rings. The highest BCUT2D eigenvalue weighted by atomic mass is 35.5. The Hall–Kier alpha value is -1.56. The van der Waals surface area contributed by atoms with E-state index in [0.717, 1.165) is 30.2 Å². The highest BCUT2D eigenvalue weighted by Crippen LogP contribution is 2.17. The van der Waals surface area contributed by atoms with Crippen molar-refractivity contribution in [3.05, 3.63) is 46.2 Å². The molecule has 126 valence electrons. The summed E-state index contributed by atoms with van der Waals surface area (Å²) >= 11 is 5.94. The van der Waals surface area contributed by atoms with Crippen LogP contribution in [0.5, 0.6) is 5.75 Å². The lowest BCUT2D eigenvalue weighted by atomic mass is 10.2. The van der Waals surface area contributed by atoms with Crippen LogP contribution in [0.4, 0.5) is 0 Å². The third-order valence-electron chi connectivity index (χ3n) is 3.81. The van der Waals surface area contributed by atoms with Crippen molar-refractivity contribution in [1.29, 1.82) is 0 Å². The van der Waals surface area contributed by atoms with Crippen molar-refractivity contribution in [1.82, 2.24) is 14.7 Å². The SMILES string of the molecule is Cc1nn(CCO)c(C)c1CN(C)CCOc1cccc(Cl)c1. The number of hydrogen-bond donors (Lipinski definition) is 1. The number of hydrogen-bond acceptors (Lipinski definition) is 4. The van der Waals surface area contributed by atoms with E-state index >= 15 is 0 Å². The molecule has 23 heavy (non-hydrogen) atoms. The van der Waals surface area contributed by atoms with Crippen LogP contribution >= 0.6 is 11.6 Å². The molecular weight excluding hydrogens is 314 g/mol. The van der Waals surface area contributed by atoms with Crippen LogP contribution in [0.2, 0.25) is 5.02 Å². The summed E-state index contributed by atoms with van der Waals surface area (Å²) in [6.45, 7) is 6.89. The molecule has 5 nitrogen and oxygen atoms in total. The van der Waals surface area contributed by atoms with E-state index < -0.39 is 0 Å². The van der Waals surface area contributed by atoms with Crippen molar-refractivity contribution in [3.63, 3.8) is 0 Å². The van der Waals surface area contributed by atoms with Gasteiger partial charge in [0.15, 0.2) is 0 Å². The van der Waals surface area contributed by atoms with Gasteiger partial charge in [0.25, 0.3) is 0 Å². The van der Waals surface area contributed by atoms with Crippen molar-refractivity contribution < 1.29 is 9.84 Å². The predicted octanol–water partition coefficient (Wildman–Crippen LogP) is 2.66. The first kappa shape index (κ1) is 17.8. The Balaban J connectivity index is 1.86. The largest absolute Gasteiger partial charge is 0.492 e. The van der Waals surface area contributed by atoms with E-state index in [2.05, 4.69) is 17.0 Å². The van der Waals surface area contributed by atoms with Gasteiger partial charge in [0.1, 0.15) is 12.4 Å². The zero-order valence-electron chi connectivity index (χ0n) is 13.9. The van der Waals surface area contributed by atoms with Gasteiger partial charge in [-0.2, -0.15) is 5.10 Å². The number of ether oxygens (including phenoxy) is 1. The first-order valence-corrected chi connectivity index (χ1v) is 8.09. The van der Waals surface area contributed by atoms with Gasteiger partial charge in [0.2, 0.25) is 0 Å². The first-order chi connectivity index (χ1) is 11.0. The van der Waals surface area contributed by atoms with Crippen molar-refractivity contribution >= 4 is 11.6 Å². The standard InChI is InChI=1S/C17H24ClN3O2/c1-13-17(14(2)21(19-13)7-9-22)12-20(3)8-10-23-16-6-4-5-15(18)11-16/h4-6,11,22H,7-10,12H2,1-3H3. The quantitative estimate of drug-likeness (QED) is 0.804. The van der Waals surface area contributed by atoms with Crippen LogP contribution in [-0.2, 0) is 13.1 Å². The molecule has 0 aliphatic rings. The van der Waals surface area contributed by atoms with Crippen molar-refractivity contribution in [3.8, 4) is 5.75 Å². The van der Waals surface area contributed by atoms with Gasteiger partial charge < -0.3 is 9.84 Å². The molecule has 2 rings (SSSR count). The zero-order valence-corrected chi connectivity index (χ0v) is 14.7.